The van der Waals surface area contributed by atoms with Gasteiger partial charge >= 0.3 is 17.9 Å². The lowest BCUT2D eigenvalue weighted by Crippen LogP contribution is -2.30. The van der Waals surface area contributed by atoms with Crippen molar-refractivity contribution in [2.45, 2.75) is 367 Å². The van der Waals surface area contributed by atoms with Crippen LogP contribution in [0.4, 0.5) is 0 Å². The lowest BCUT2D eigenvalue weighted by atomic mass is 10.0. The summed E-state index contributed by atoms with van der Waals surface area (Å²) >= 11 is 0. The first kappa shape index (κ1) is 71.6. The number of allylic oxidation sites excluding steroid dienone is 6. The summed E-state index contributed by atoms with van der Waals surface area (Å²) in [5.41, 5.74) is 0. The monoisotopic (exact) mass is 1040 g/mol. The van der Waals surface area contributed by atoms with Gasteiger partial charge in [0.25, 0.3) is 0 Å². The minimum atomic E-state index is -0.770. The Labute approximate surface area is 461 Å². The Morgan fingerprint density at radius 3 is 0.757 bits per heavy atom. The third-order valence-corrected chi connectivity index (χ3v) is 14.9. The molecule has 0 saturated carbocycles. The first-order valence-corrected chi connectivity index (χ1v) is 33.0. The molecular formula is C68H126O6. The van der Waals surface area contributed by atoms with Gasteiger partial charge in [-0.15, -0.1) is 0 Å². The summed E-state index contributed by atoms with van der Waals surface area (Å²) in [7, 11) is 0. The number of carbonyl (C=O) groups excluding carboxylic acids is 3. The number of ether oxygens (including phenoxy) is 3. The number of carbonyl (C=O) groups is 3. The molecule has 0 amide bonds. The van der Waals surface area contributed by atoms with Gasteiger partial charge in [0.1, 0.15) is 13.2 Å². The molecule has 434 valence electrons. The molecule has 0 bridgehead atoms. The largest absolute Gasteiger partial charge is 0.462 e. The van der Waals surface area contributed by atoms with Crippen molar-refractivity contribution < 1.29 is 28.6 Å². The average molecular weight is 1040 g/mol. The van der Waals surface area contributed by atoms with Crippen molar-refractivity contribution in [3.63, 3.8) is 0 Å². The zero-order valence-corrected chi connectivity index (χ0v) is 49.9. The fourth-order valence-corrected chi connectivity index (χ4v) is 9.92. The van der Waals surface area contributed by atoms with Crippen molar-refractivity contribution >= 4 is 17.9 Å². The molecule has 0 aromatic rings. The second-order valence-electron chi connectivity index (χ2n) is 22.4. The van der Waals surface area contributed by atoms with Gasteiger partial charge in [-0.2, -0.15) is 0 Å². The Hall–Kier alpha value is -2.37. The van der Waals surface area contributed by atoms with Crippen LogP contribution in [-0.2, 0) is 28.6 Å². The summed E-state index contributed by atoms with van der Waals surface area (Å²) in [4.78, 5) is 38.3. The molecule has 0 aromatic heterocycles. The summed E-state index contributed by atoms with van der Waals surface area (Å²) in [5, 5.41) is 0. The Morgan fingerprint density at radius 1 is 0.270 bits per heavy atom. The van der Waals surface area contributed by atoms with E-state index in [1.165, 1.54) is 250 Å². The maximum Gasteiger partial charge on any atom is 0.306 e. The average Bonchev–Trinajstić information content (AvgIpc) is 3.40. The second-order valence-corrected chi connectivity index (χ2v) is 22.4. The highest BCUT2D eigenvalue weighted by Gasteiger charge is 2.19. The fourth-order valence-electron chi connectivity index (χ4n) is 9.92. The van der Waals surface area contributed by atoms with E-state index in [4.69, 9.17) is 14.2 Å². The highest BCUT2D eigenvalue weighted by molar-refractivity contribution is 5.71. The van der Waals surface area contributed by atoms with Gasteiger partial charge in [0.15, 0.2) is 6.10 Å². The zero-order chi connectivity index (χ0) is 53.6. The summed E-state index contributed by atoms with van der Waals surface area (Å²) in [6, 6.07) is 0. The van der Waals surface area contributed by atoms with Crippen molar-refractivity contribution in [1.29, 1.82) is 0 Å². The third kappa shape index (κ3) is 60.5. The van der Waals surface area contributed by atoms with E-state index in [1.54, 1.807) is 0 Å². The molecule has 0 aromatic carbocycles. The molecule has 0 heterocycles. The van der Waals surface area contributed by atoms with E-state index >= 15 is 0 Å². The predicted octanol–water partition coefficient (Wildman–Crippen LogP) is 22.4. The van der Waals surface area contributed by atoms with Crippen LogP contribution >= 0.6 is 0 Å². The number of esters is 3. The van der Waals surface area contributed by atoms with Gasteiger partial charge < -0.3 is 14.2 Å². The minimum Gasteiger partial charge on any atom is -0.462 e. The number of rotatable bonds is 61. The van der Waals surface area contributed by atoms with E-state index in [0.29, 0.717) is 19.3 Å². The van der Waals surface area contributed by atoms with E-state index in [0.717, 1.165) is 70.6 Å². The Kier molecular flexibility index (Phi) is 61.1. The van der Waals surface area contributed by atoms with Gasteiger partial charge in [-0.25, -0.2) is 0 Å². The highest BCUT2D eigenvalue weighted by atomic mass is 16.6. The molecule has 1 atom stereocenters. The molecule has 74 heavy (non-hydrogen) atoms. The van der Waals surface area contributed by atoms with Crippen molar-refractivity contribution in [2.75, 3.05) is 13.2 Å². The van der Waals surface area contributed by atoms with Crippen LogP contribution in [-0.4, -0.2) is 37.2 Å². The highest BCUT2D eigenvalue weighted by Crippen LogP contribution is 2.18. The summed E-state index contributed by atoms with van der Waals surface area (Å²) < 4.78 is 16.9. The molecule has 0 spiro atoms. The molecule has 0 rings (SSSR count). The number of hydrogen-bond donors (Lipinski definition) is 0. The fraction of sp³-hybridized carbons (Fsp3) is 0.868. The van der Waals surface area contributed by atoms with Gasteiger partial charge in [-0.05, 0) is 57.8 Å². The number of unbranched alkanes of at least 4 members (excludes halogenated alkanes) is 44. The molecule has 0 aliphatic rings. The standard InChI is InChI=1S/C68H126O6/c1-4-7-10-13-16-19-22-24-26-28-30-32-33-34-35-36-38-39-41-43-46-49-52-55-58-61-67(70)73-64-65(63-72-66(69)60-57-54-51-48-45-21-18-15-12-9-6-3)74-68(71)62-59-56-53-50-47-44-42-40-37-31-29-27-25-23-20-17-14-11-8-5-2/h22,24,28,30,33-34,65H,4-21,23,25-27,29,31-32,35-64H2,1-3H3/b24-22-,30-28-,34-33-. The van der Waals surface area contributed by atoms with Crippen molar-refractivity contribution in [3.8, 4) is 0 Å². The predicted molar refractivity (Wildman–Crippen MR) is 321 cm³/mol. The third-order valence-electron chi connectivity index (χ3n) is 14.9. The van der Waals surface area contributed by atoms with Gasteiger partial charge in [-0.1, -0.05) is 320 Å². The van der Waals surface area contributed by atoms with Crippen LogP contribution in [0.25, 0.3) is 0 Å². The van der Waals surface area contributed by atoms with E-state index in [1.807, 2.05) is 0 Å². The van der Waals surface area contributed by atoms with E-state index in [9.17, 15) is 14.4 Å². The lowest BCUT2D eigenvalue weighted by molar-refractivity contribution is -0.167. The van der Waals surface area contributed by atoms with E-state index in [2.05, 4.69) is 57.2 Å². The van der Waals surface area contributed by atoms with Crippen LogP contribution in [0.15, 0.2) is 36.5 Å². The first-order chi connectivity index (χ1) is 36.5. The Morgan fingerprint density at radius 2 is 0.486 bits per heavy atom. The van der Waals surface area contributed by atoms with Crippen molar-refractivity contribution in [1.82, 2.24) is 0 Å². The summed E-state index contributed by atoms with van der Waals surface area (Å²) in [6.45, 7) is 6.68. The molecule has 0 fully saturated rings. The second kappa shape index (κ2) is 63.2. The van der Waals surface area contributed by atoms with Crippen LogP contribution < -0.4 is 0 Å². The molecule has 0 aliphatic heterocycles. The van der Waals surface area contributed by atoms with Crippen LogP contribution in [0, 0.1) is 0 Å². The van der Waals surface area contributed by atoms with E-state index in [-0.39, 0.29) is 31.1 Å². The topological polar surface area (TPSA) is 78.9 Å². The van der Waals surface area contributed by atoms with Crippen molar-refractivity contribution in [2.24, 2.45) is 0 Å². The van der Waals surface area contributed by atoms with Crippen LogP contribution in [0.5, 0.6) is 0 Å². The Balaban J connectivity index is 4.23. The molecule has 0 aliphatic carbocycles. The smallest absolute Gasteiger partial charge is 0.306 e. The first-order valence-electron chi connectivity index (χ1n) is 33.0. The molecular weight excluding hydrogens is 913 g/mol. The molecule has 0 saturated heterocycles. The van der Waals surface area contributed by atoms with Gasteiger partial charge in [0.05, 0.1) is 0 Å². The molecule has 6 heteroatoms. The van der Waals surface area contributed by atoms with Crippen LogP contribution in [0.3, 0.4) is 0 Å². The van der Waals surface area contributed by atoms with Crippen LogP contribution in [0.1, 0.15) is 361 Å². The van der Waals surface area contributed by atoms with Gasteiger partial charge in [0, 0.05) is 19.3 Å². The maximum atomic E-state index is 12.9. The Bertz CT molecular complexity index is 1240. The van der Waals surface area contributed by atoms with Crippen LogP contribution in [0.2, 0.25) is 0 Å². The normalized spacial score (nSPS) is 12.2. The molecule has 6 nitrogen and oxygen atoms in total. The summed E-state index contributed by atoms with van der Waals surface area (Å²) in [6.07, 6.45) is 77.3. The zero-order valence-electron chi connectivity index (χ0n) is 49.9. The minimum absolute atomic E-state index is 0.0676. The van der Waals surface area contributed by atoms with Gasteiger partial charge in [-0.3, -0.25) is 14.4 Å². The van der Waals surface area contributed by atoms with E-state index < -0.39 is 6.10 Å². The summed E-state index contributed by atoms with van der Waals surface area (Å²) in [5.74, 6) is -0.847. The maximum absolute atomic E-state index is 12.9. The van der Waals surface area contributed by atoms with Crippen molar-refractivity contribution in [3.05, 3.63) is 36.5 Å². The molecule has 1 unspecified atom stereocenters. The van der Waals surface area contributed by atoms with Gasteiger partial charge in [0.2, 0.25) is 0 Å². The number of hydrogen-bond acceptors (Lipinski definition) is 6. The SMILES string of the molecule is CCCCCCC/C=C\C/C=C\C/C=C\CCCCCCCCCCCCC(=O)OCC(COC(=O)CCCCCCCCCCCCC)OC(=O)CCCCCCCCCCCCCCCCCCCCCC. The lowest BCUT2D eigenvalue weighted by Gasteiger charge is -2.18. The molecule has 0 N–H and O–H groups in total. The molecule has 0 radical (unpaired) electrons. The quantitative estimate of drug-likeness (QED) is 0.0261.